The van der Waals surface area contributed by atoms with Crippen LogP contribution in [0.2, 0.25) is 0 Å². The maximum absolute atomic E-state index is 13.1. The zero-order valence-corrected chi connectivity index (χ0v) is 24.6. The first-order chi connectivity index (χ1) is 20.5. The van der Waals surface area contributed by atoms with Crippen LogP contribution < -0.4 is 11.1 Å². The van der Waals surface area contributed by atoms with E-state index >= 15 is 0 Å². The molecule has 3 aliphatic rings. The van der Waals surface area contributed by atoms with Gasteiger partial charge >= 0.3 is 0 Å². The molecule has 1 amide bonds. The van der Waals surface area contributed by atoms with Crippen LogP contribution in [-0.2, 0) is 17.6 Å². The first-order valence-electron chi connectivity index (χ1n) is 15.6. The van der Waals surface area contributed by atoms with E-state index in [4.69, 9.17) is 10.7 Å². The van der Waals surface area contributed by atoms with E-state index in [1.807, 2.05) is 24.9 Å². The monoisotopic (exact) mass is 563 g/mol. The number of imidazole rings is 2. The minimum atomic E-state index is -0.474. The quantitative estimate of drug-likeness (QED) is 0.240. The van der Waals surface area contributed by atoms with Crippen molar-refractivity contribution in [3.63, 3.8) is 0 Å². The Labute approximate surface area is 247 Å². The van der Waals surface area contributed by atoms with Crippen molar-refractivity contribution in [3.05, 3.63) is 71.6 Å². The van der Waals surface area contributed by atoms with Gasteiger partial charge in [-0.15, -0.1) is 0 Å². The van der Waals surface area contributed by atoms with Crippen LogP contribution in [0, 0.1) is 5.92 Å². The summed E-state index contributed by atoms with van der Waals surface area (Å²) in [6, 6.07) is 15.4. The van der Waals surface area contributed by atoms with E-state index in [9.17, 15) is 4.79 Å². The summed E-state index contributed by atoms with van der Waals surface area (Å²) in [4.78, 5) is 32.0. The maximum Gasteiger partial charge on any atom is 0.240 e. The standard InChI is InChI=1S/C34H41N7O/c1-20(2)30(35)34(42)41-17-5-9-29(41)33-38-26-7-3-6-24-18-23(14-15-25(24)31(26)40-33)21-10-12-22(13-11-21)28-19-37-32(39-28)27-8-4-16-36-27/h10-15,18-20,27,29-30,36H,3-9,16-17,35H2,1-2H3,(H,37,39)(H,38,40)/t27-,29-,30-/m0/s1. The molecule has 3 atom stereocenters. The van der Waals surface area contributed by atoms with Gasteiger partial charge in [0.05, 0.1) is 35.7 Å². The van der Waals surface area contributed by atoms with Crippen molar-refractivity contribution >= 4 is 5.91 Å². The second-order valence-corrected chi connectivity index (χ2v) is 12.5. The Kier molecular flexibility index (Phi) is 7.20. The lowest BCUT2D eigenvalue weighted by Gasteiger charge is -2.27. The summed E-state index contributed by atoms with van der Waals surface area (Å²) >= 11 is 0. The molecule has 218 valence electrons. The number of aromatic amines is 2. The molecule has 2 fully saturated rings. The number of likely N-dealkylation sites (tertiary alicyclic amines) is 1. The lowest BCUT2D eigenvalue weighted by molar-refractivity contribution is -0.134. The molecule has 2 aliphatic heterocycles. The third-order valence-corrected chi connectivity index (χ3v) is 9.40. The van der Waals surface area contributed by atoms with Crippen LogP contribution in [0.4, 0.5) is 0 Å². The van der Waals surface area contributed by atoms with Gasteiger partial charge in [0, 0.05) is 17.8 Å². The maximum atomic E-state index is 13.1. The fraction of sp³-hybridized carbons (Fsp3) is 0.441. The number of carbonyl (C=O) groups excluding carboxylic acids is 1. The summed E-state index contributed by atoms with van der Waals surface area (Å²) in [5.74, 6) is 2.08. The average Bonchev–Trinajstić information content (AvgIpc) is 3.82. The first-order valence-corrected chi connectivity index (χ1v) is 15.6. The van der Waals surface area contributed by atoms with Crippen molar-refractivity contribution in [2.75, 3.05) is 13.1 Å². The molecule has 0 spiro atoms. The molecule has 8 heteroatoms. The molecule has 7 rings (SSSR count). The number of nitrogens with zero attached hydrogens (tertiary/aromatic N) is 3. The Morgan fingerprint density at radius 1 is 0.952 bits per heavy atom. The largest absolute Gasteiger partial charge is 0.344 e. The van der Waals surface area contributed by atoms with E-state index in [1.165, 1.54) is 34.4 Å². The van der Waals surface area contributed by atoms with E-state index in [1.54, 1.807) is 0 Å². The Bertz CT molecular complexity index is 1580. The van der Waals surface area contributed by atoms with Crippen LogP contribution in [-0.4, -0.2) is 49.9 Å². The second kappa shape index (κ2) is 11.2. The number of H-pyrrole nitrogens is 2. The molecule has 1 aliphatic carbocycles. The highest BCUT2D eigenvalue weighted by atomic mass is 16.2. The minimum Gasteiger partial charge on any atom is -0.344 e. The topological polar surface area (TPSA) is 116 Å². The number of nitrogens with two attached hydrogens (primary N) is 1. The molecule has 0 bridgehead atoms. The van der Waals surface area contributed by atoms with Crippen molar-refractivity contribution in [2.45, 2.75) is 76.9 Å². The highest BCUT2D eigenvalue weighted by Gasteiger charge is 2.36. The highest BCUT2D eigenvalue weighted by molar-refractivity contribution is 5.82. The molecule has 2 aromatic carbocycles. The fourth-order valence-electron chi connectivity index (χ4n) is 6.87. The Morgan fingerprint density at radius 3 is 2.55 bits per heavy atom. The lowest BCUT2D eigenvalue weighted by Crippen LogP contribution is -2.46. The summed E-state index contributed by atoms with van der Waals surface area (Å²) in [7, 11) is 0. The summed E-state index contributed by atoms with van der Waals surface area (Å²) in [6.07, 6.45) is 9.21. The predicted octanol–water partition coefficient (Wildman–Crippen LogP) is 5.69. The van der Waals surface area contributed by atoms with Gasteiger partial charge < -0.3 is 25.9 Å². The van der Waals surface area contributed by atoms with Crippen molar-refractivity contribution in [2.24, 2.45) is 11.7 Å². The molecule has 4 aromatic rings. The molecule has 8 nitrogen and oxygen atoms in total. The number of aryl methyl sites for hydroxylation is 2. The number of hydrogen-bond acceptors (Lipinski definition) is 5. The van der Waals surface area contributed by atoms with Gasteiger partial charge in [-0.1, -0.05) is 56.3 Å². The number of benzene rings is 2. The summed E-state index contributed by atoms with van der Waals surface area (Å²) < 4.78 is 0. The summed E-state index contributed by atoms with van der Waals surface area (Å²) in [5, 5.41) is 3.51. The molecule has 0 unspecified atom stereocenters. The molecule has 42 heavy (non-hydrogen) atoms. The van der Waals surface area contributed by atoms with Crippen LogP contribution in [0.15, 0.2) is 48.7 Å². The highest BCUT2D eigenvalue weighted by Crippen LogP contribution is 2.38. The molecular weight excluding hydrogens is 522 g/mol. The van der Waals surface area contributed by atoms with Crippen LogP contribution in [0.3, 0.4) is 0 Å². The zero-order chi connectivity index (χ0) is 28.8. The molecule has 0 saturated carbocycles. The van der Waals surface area contributed by atoms with Crippen molar-refractivity contribution < 1.29 is 4.79 Å². The minimum absolute atomic E-state index is 0.0316. The molecule has 2 saturated heterocycles. The Balaban J connectivity index is 1.12. The average molecular weight is 564 g/mol. The summed E-state index contributed by atoms with van der Waals surface area (Å²) in [5.41, 5.74) is 15.6. The van der Waals surface area contributed by atoms with Gasteiger partial charge in [0.25, 0.3) is 0 Å². The van der Waals surface area contributed by atoms with Gasteiger partial charge in [-0.3, -0.25) is 4.79 Å². The van der Waals surface area contributed by atoms with Gasteiger partial charge in [0.15, 0.2) is 0 Å². The molecule has 5 N–H and O–H groups in total. The van der Waals surface area contributed by atoms with Gasteiger partial charge in [0.2, 0.25) is 5.91 Å². The smallest absolute Gasteiger partial charge is 0.240 e. The van der Waals surface area contributed by atoms with Gasteiger partial charge in [-0.25, -0.2) is 9.97 Å². The van der Waals surface area contributed by atoms with E-state index in [-0.39, 0.29) is 17.9 Å². The fourth-order valence-corrected chi connectivity index (χ4v) is 6.87. The number of hydrogen-bond donors (Lipinski definition) is 4. The number of aromatic nitrogens is 4. The number of amides is 1. The number of carbonyl (C=O) groups is 1. The van der Waals surface area contributed by atoms with Crippen LogP contribution in [0.1, 0.15) is 80.9 Å². The van der Waals surface area contributed by atoms with Crippen LogP contribution >= 0.6 is 0 Å². The van der Waals surface area contributed by atoms with E-state index in [2.05, 4.69) is 62.7 Å². The molecule has 0 radical (unpaired) electrons. The predicted molar refractivity (Wildman–Crippen MR) is 166 cm³/mol. The van der Waals surface area contributed by atoms with Crippen LogP contribution in [0.25, 0.3) is 33.6 Å². The Morgan fingerprint density at radius 2 is 1.76 bits per heavy atom. The van der Waals surface area contributed by atoms with Crippen molar-refractivity contribution in [1.29, 1.82) is 0 Å². The zero-order valence-electron chi connectivity index (χ0n) is 24.6. The number of rotatable bonds is 6. The number of fused-ring (bicyclic) bond motifs is 3. The lowest BCUT2D eigenvalue weighted by atomic mass is 9.95. The number of nitrogens with one attached hydrogen (secondary N) is 3. The molecule has 4 heterocycles. The second-order valence-electron chi connectivity index (χ2n) is 12.5. The van der Waals surface area contributed by atoms with E-state index in [0.717, 1.165) is 80.2 Å². The molecular formula is C34H41N7O. The van der Waals surface area contributed by atoms with Crippen LogP contribution in [0.5, 0.6) is 0 Å². The third-order valence-electron chi connectivity index (χ3n) is 9.40. The normalized spacial score (nSPS) is 20.9. The van der Waals surface area contributed by atoms with Crippen molar-refractivity contribution in [3.8, 4) is 33.6 Å². The third kappa shape index (κ3) is 4.96. The summed E-state index contributed by atoms with van der Waals surface area (Å²) in [6.45, 7) is 5.82. The van der Waals surface area contributed by atoms with Crippen molar-refractivity contribution in [1.82, 2.24) is 30.2 Å². The first kappa shape index (κ1) is 27.1. The van der Waals surface area contributed by atoms with Gasteiger partial charge in [-0.05, 0) is 79.7 Å². The SMILES string of the molecule is CC(C)[C@H](N)C(=O)N1CCC[C@H]1c1nc2c([nH]1)CCCc1cc(-c3ccc(-c4cnc([C@@H]5CCCN5)[nH]4)cc3)ccc1-2. The van der Waals surface area contributed by atoms with Gasteiger partial charge in [-0.2, -0.15) is 0 Å². The van der Waals surface area contributed by atoms with E-state index in [0.29, 0.717) is 6.04 Å². The van der Waals surface area contributed by atoms with E-state index < -0.39 is 6.04 Å². The Hall–Kier alpha value is -3.75. The molecule has 2 aromatic heterocycles. The van der Waals surface area contributed by atoms with Gasteiger partial charge in [0.1, 0.15) is 11.6 Å².